The molecule has 0 aliphatic carbocycles. The molecule has 4 heteroatoms. The normalized spacial score (nSPS) is 0.857. The molecule has 0 unspecified atom stereocenters. The molecule has 0 spiro atoms. The number of hydrogen-bond donors (Lipinski definition) is 0. The fraction of sp³-hybridized carbons (Fsp3) is 0. The van der Waals surface area contributed by atoms with E-state index >= 15 is 0 Å². The van der Waals surface area contributed by atoms with Crippen molar-refractivity contribution in [3.63, 3.8) is 0 Å². The smallest absolute Gasteiger partial charge is 0 e. The standard InChI is InChI=1S/3CN.Ru/c3*1-2;/q3*-1;. The molecule has 0 aliphatic rings. The van der Waals surface area contributed by atoms with Gasteiger partial charge in [0.25, 0.3) is 0 Å². The Hall–Kier alpha value is -0.907. The molecule has 0 atom stereocenters. The summed E-state index contributed by atoms with van der Waals surface area (Å²) in [6.07, 6.45) is 0. The van der Waals surface area contributed by atoms with Crippen LogP contribution in [0.2, 0.25) is 0 Å². The first-order valence-electron chi connectivity index (χ1n) is 0.671. The molecule has 0 aromatic carbocycles. The summed E-state index contributed by atoms with van der Waals surface area (Å²) in [4.78, 5) is 0. The molecule has 0 heterocycles. The fourth-order valence-electron chi connectivity index (χ4n) is 0. The Bertz CT molecular complexity index is 38.7. The van der Waals surface area contributed by atoms with Gasteiger partial charge < -0.3 is 35.5 Å². The van der Waals surface area contributed by atoms with Gasteiger partial charge in [0.2, 0.25) is 0 Å². The molecular weight excluding hydrogens is 179 g/mol. The van der Waals surface area contributed by atoms with Gasteiger partial charge in [-0.05, 0) is 0 Å². The molecule has 0 aromatic heterocycles. The maximum Gasteiger partial charge on any atom is 0 e. The van der Waals surface area contributed by atoms with Gasteiger partial charge in [-0.2, -0.15) is 0 Å². The molecule has 0 N–H and O–H groups in total. The molecule has 0 bridgehead atoms. The predicted molar refractivity (Wildman–Crippen MR) is 14.9 cm³/mol. The molecule has 7 heavy (non-hydrogen) atoms. The third-order valence-corrected chi connectivity index (χ3v) is 0. The van der Waals surface area contributed by atoms with Crippen molar-refractivity contribution < 1.29 is 19.5 Å². The first-order chi connectivity index (χ1) is 3.00. The van der Waals surface area contributed by atoms with E-state index in [9.17, 15) is 0 Å². The van der Waals surface area contributed by atoms with E-state index < -0.39 is 0 Å². The summed E-state index contributed by atoms with van der Waals surface area (Å²) in [5.41, 5.74) is 0. The Morgan fingerprint density at radius 2 is 0.571 bits per heavy atom. The minimum Gasteiger partial charge on any atom is -0.512 e. The van der Waals surface area contributed by atoms with Crippen LogP contribution < -0.4 is 0 Å². The van der Waals surface area contributed by atoms with Crippen LogP contribution in [0.15, 0.2) is 0 Å². The molecule has 0 saturated carbocycles. The molecule has 0 fully saturated rings. The zero-order chi connectivity index (χ0) is 6.00. The summed E-state index contributed by atoms with van der Waals surface area (Å²) in [5, 5.41) is 18.8. The van der Waals surface area contributed by atoms with Crippen molar-refractivity contribution in [2.45, 2.75) is 0 Å². The van der Waals surface area contributed by atoms with E-state index in [-0.39, 0.29) is 19.5 Å². The van der Waals surface area contributed by atoms with E-state index in [0.717, 1.165) is 0 Å². The first-order valence-corrected chi connectivity index (χ1v) is 0.671. The predicted octanol–water partition coefficient (Wildman–Crippen LogP) is 0.287. The molecule has 0 saturated heterocycles. The van der Waals surface area contributed by atoms with Gasteiger partial charge in [-0.3, -0.25) is 0 Å². The molecule has 3 nitrogen and oxygen atoms in total. The van der Waals surface area contributed by atoms with Crippen LogP contribution >= 0.6 is 0 Å². The van der Waals surface area contributed by atoms with Crippen molar-refractivity contribution in [3.8, 4) is 0 Å². The van der Waals surface area contributed by atoms with Crippen molar-refractivity contribution in [3.05, 3.63) is 19.7 Å². The molecule has 0 aliphatic heterocycles. The first kappa shape index (κ1) is 36.1. The van der Waals surface area contributed by atoms with Crippen LogP contribution in [-0.2, 0) is 19.5 Å². The van der Waals surface area contributed by atoms with Crippen molar-refractivity contribution in [2.75, 3.05) is 0 Å². The molecule has 0 rings (SSSR count). The second-order valence-electron chi connectivity index (χ2n) is 0. The Morgan fingerprint density at radius 3 is 0.571 bits per heavy atom. The van der Waals surface area contributed by atoms with Crippen LogP contribution in [0.3, 0.4) is 0 Å². The van der Waals surface area contributed by atoms with Gasteiger partial charge >= 0.3 is 0 Å². The zero-order valence-corrected chi connectivity index (χ0v) is 4.93. The summed E-state index contributed by atoms with van der Waals surface area (Å²) in [7, 11) is 0. The van der Waals surface area contributed by atoms with Gasteiger partial charge in [-0.15, -0.1) is 0 Å². The third kappa shape index (κ3) is 59.3. The van der Waals surface area contributed by atoms with E-state index in [1.807, 2.05) is 0 Å². The minimum absolute atomic E-state index is 0. The van der Waals surface area contributed by atoms with Crippen molar-refractivity contribution in [1.29, 1.82) is 15.8 Å². The summed E-state index contributed by atoms with van der Waals surface area (Å²) in [6.45, 7) is 14.2. The van der Waals surface area contributed by atoms with E-state index in [1.165, 1.54) is 0 Å². The SMILES string of the molecule is [C-]#N.[C-]#N.[C-]#N.[Ru]. The molecule has 38 valence electrons. The molecule has 0 aromatic rings. The second-order valence-corrected chi connectivity index (χ2v) is 0. The maximum absolute atomic E-state index is 6.25. The second kappa shape index (κ2) is 104. The minimum atomic E-state index is 0. The monoisotopic (exact) mass is 180 g/mol. The molecule has 0 amide bonds. The van der Waals surface area contributed by atoms with E-state index in [0.29, 0.717) is 0 Å². The van der Waals surface area contributed by atoms with Gasteiger partial charge in [-0.25, -0.2) is 0 Å². The average Bonchev–Trinajstić information content (AvgIpc) is 1.81. The topological polar surface area (TPSA) is 71.4 Å². The van der Waals surface area contributed by atoms with Crippen LogP contribution in [0.1, 0.15) is 0 Å². The van der Waals surface area contributed by atoms with Gasteiger partial charge in [0.05, 0.1) is 0 Å². The van der Waals surface area contributed by atoms with Crippen molar-refractivity contribution in [1.82, 2.24) is 0 Å². The van der Waals surface area contributed by atoms with Crippen LogP contribution in [0.5, 0.6) is 0 Å². The van der Waals surface area contributed by atoms with Crippen LogP contribution in [0, 0.1) is 35.5 Å². The quantitative estimate of drug-likeness (QED) is 0.396. The van der Waals surface area contributed by atoms with E-state index in [2.05, 4.69) is 0 Å². The average molecular weight is 179 g/mol. The van der Waals surface area contributed by atoms with E-state index in [4.69, 9.17) is 35.5 Å². The zero-order valence-electron chi connectivity index (χ0n) is 3.20. The third-order valence-electron chi connectivity index (χ3n) is 0. The Morgan fingerprint density at radius 1 is 0.571 bits per heavy atom. The van der Waals surface area contributed by atoms with Crippen LogP contribution in [0.4, 0.5) is 0 Å². The van der Waals surface area contributed by atoms with Crippen molar-refractivity contribution >= 4 is 0 Å². The Labute approximate surface area is 55.5 Å². The summed E-state index contributed by atoms with van der Waals surface area (Å²) in [6, 6.07) is 0. The van der Waals surface area contributed by atoms with Gasteiger partial charge in [-0.1, -0.05) is 0 Å². The molecular formula is C3N3Ru-3. The van der Waals surface area contributed by atoms with Crippen molar-refractivity contribution in [2.24, 2.45) is 0 Å². The van der Waals surface area contributed by atoms with Gasteiger partial charge in [0.15, 0.2) is 0 Å². The largest absolute Gasteiger partial charge is 0.512 e. The van der Waals surface area contributed by atoms with Gasteiger partial charge in [0.1, 0.15) is 0 Å². The van der Waals surface area contributed by atoms with Gasteiger partial charge in [0, 0.05) is 19.5 Å². The van der Waals surface area contributed by atoms with Crippen LogP contribution in [0.25, 0.3) is 0 Å². The summed E-state index contributed by atoms with van der Waals surface area (Å²) < 4.78 is 0. The Balaban J connectivity index is -0.00000000900. The van der Waals surface area contributed by atoms with E-state index in [1.54, 1.807) is 0 Å². The number of nitrogens with zero attached hydrogens (tertiary/aromatic N) is 3. The Kier molecular flexibility index (Phi) is 535. The summed E-state index contributed by atoms with van der Waals surface area (Å²) in [5.74, 6) is 0. The number of rotatable bonds is 0. The van der Waals surface area contributed by atoms with Crippen LogP contribution in [-0.4, -0.2) is 0 Å². The fourth-order valence-corrected chi connectivity index (χ4v) is 0. The summed E-state index contributed by atoms with van der Waals surface area (Å²) >= 11 is 0. The maximum atomic E-state index is 6.25. The number of hydrogen-bond acceptors (Lipinski definition) is 3. The molecule has 0 radical (unpaired) electrons.